The van der Waals surface area contributed by atoms with E-state index in [1.807, 2.05) is 58.3 Å². The fourth-order valence-electron chi connectivity index (χ4n) is 7.62. The minimum Gasteiger partial charge on any atom is -0.381 e. The molecule has 3 aromatic heterocycles. The van der Waals surface area contributed by atoms with Gasteiger partial charge < -0.3 is 34.5 Å². The summed E-state index contributed by atoms with van der Waals surface area (Å²) < 4.78 is 15.4. The van der Waals surface area contributed by atoms with Gasteiger partial charge in [0.25, 0.3) is 0 Å². The Kier molecular flexibility index (Phi) is 17.9. The van der Waals surface area contributed by atoms with E-state index in [4.69, 9.17) is 73.1 Å². The molecule has 0 unspecified atom stereocenters. The minimum absolute atomic E-state index is 0.143. The number of hydrogen-bond acceptors (Lipinski definition) is 12. The summed E-state index contributed by atoms with van der Waals surface area (Å²) in [7, 11) is 0. The number of nitrogens with zero attached hydrogens (tertiary/aromatic N) is 5. The number of carbonyl (C=O) groups is 2. The van der Waals surface area contributed by atoms with Gasteiger partial charge in [-0.05, 0) is 112 Å². The fraction of sp³-hybridized carbons (Fsp3) is 0.465. The molecule has 3 aromatic carbocycles. The number of rotatable bonds is 3. The Labute approximate surface area is 398 Å². The first-order valence-corrected chi connectivity index (χ1v) is 25.2. The second-order valence-corrected chi connectivity index (χ2v) is 20.9. The lowest BCUT2D eigenvalue weighted by molar-refractivity contribution is -0.139. The molecule has 0 atom stereocenters. The molecule has 0 aliphatic carbocycles. The molecule has 2 N–H and O–H groups in total. The van der Waals surface area contributed by atoms with Crippen LogP contribution in [0.5, 0.6) is 0 Å². The highest BCUT2D eigenvalue weighted by Crippen LogP contribution is 2.32. The average Bonchev–Trinajstić information content (AvgIpc) is 3.82. The van der Waals surface area contributed by atoms with Crippen molar-refractivity contribution in [3.05, 3.63) is 78.1 Å². The Bertz CT molecular complexity index is 2460. The molecule has 62 heavy (non-hydrogen) atoms. The van der Waals surface area contributed by atoms with Crippen LogP contribution < -0.4 is 10.2 Å². The molecule has 6 aromatic rings. The quantitative estimate of drug-likeness (QED) is 0.167. The molecule has 4 aliphatic rings. The summed E-state index contributed by atoms with van der Waals surface area (Å²) in [6, 6.07) is 17.1. The van der Waals surface area contributed by atoms with E-state index in [-0.39, 0.29) is 11.8 Å². The molecule has 0 radical (unpaired) electrons. The number of anilines is 1. The van der Waals surface area contributed by atoms with Crippen molar-refractivity contribution in [2.75, 3.05) is 83.7 Å². The van der Waals surface area contributed by atoms with Gasteiger partial charge in [-0.1, -0.05) is 57.7 Å². The zero-order valence-corrected chi connectivity index (χ0v) is 40.4. The van der Waals surface area contributed by atoms with Crippen LogP contribution in [0.25, 0.3) is 30.6 Å². The van der Waals surface area contributed by atoms with E-state index < -0.39 is 0 Å². The number of thiazole rings is 3. The molecule has 10 rings (SSSR count). The van der Waals surface area contributed by atoms with Gasteiger partial charge in [0.15, 0.2) is 13.6 Å². The van der Waals surface area contributed by atoms with Crippen molar-refractivity contribution in [3.63, 3.8) is 0 Å². The highest BCUT2D eigenvalue weighted by Gasteiger charge is 2.29. The summed E-state index contributed by atoms with van der Waals surface area (Å²) in [5.41, 5.74) is 2.84. The van der Waals surface area contributed by atoms with E-state index >= 15 is 0 Å². The molecule has 0 spiro atoms. The van der Waals surface area contributed by atoms with E-state index in [1.54, 1.807) is 28.7 Å². The van der Waals surface area contributed by atoms with Crippen LogP contribution in [-0.4, -0.2) is 115 Å². The van der Waals surface area contributed by atoms with E-state index in [2.05, 4.69) is 20.2 Å². The molecule has 11 nitrogen and oxygen atoms in total. The first kappa shape index (κ1) is 47.3. The smallest absolute Gasteiger partial charge is 0.225 e. The van der Waals surface area contributed by atoms with Crippen LogP contribution in [-0.2, 0) is 19.1 Å². The highest BCUT2D eigenvalue weighted by molar-refractivity contribution is 7.73. The van der Waals surface area contributed by atoms with Gasteiger partial charge in [-0.15, -0.1) is 22.7 Å². The summed E-state index contributed by atoms with van der Waals surface area (Å²) in [6.45, 7) is 10.1. The summed E-state index contributed by atoms with van der Waals surface area (Å²) in [4.78, 5) is 43.1. The van der Waals surface area contributed by atoms with Crippen molar-refractivity contribution < 1.29 is 19.1 Å². The number of amides is 2. The van der Waals surface area contributed by atoms with Gasteiger partial charge in [0.2, 0.25) is 11.8 Å². The zero-order valence-electron chi connectivity index (χ0n) is 34.1. The predicted molar refractivity (Wildman–Crippen MR) is 261 cm³/mol. The lowest BCUT2D eigenvalue weighted by Gasteiger charge is -2.28. The van der Waals surface area contributed by atoms with E-state index in [1.165, 1.54) is 11.3 Å². The van der Waals surface area contributed by atoms with Crippen LogP contribution in [0, 0.1) is 15.8 Å². The van der Waals surface area contributed by atoms with E-state index in [9.17, 15) is 9.59 Å². The zero-order chi connectivity index (χ0) is 43.4. The minimum atomic E-state index is 0.143. The van der Waals surface area contributed by atoms with Gasteiger partial charge in [0.1, 0.15) is 0 Å². The van der Waals surface area contributed by atoms with Crippen molar-refractivity contribution in [3.8, 4) is 0 Å². The predicted octanol–water partition coefficient (Wildman–Crippen LogP) is 10.9. The third-order valence-electron chi connectivity index (χ3n) is 10.9. The van der Waals surface area contributed by atoms with Crippen molar-refractivity contribution >= 4 is 140 Å². The molecule has 7 heterocycles. The van der Waals surface area contributed by atoms with Crippen molar-refractivity contribution in [1.29, 1.82) is 0 Å². The SMILES string of the molecule is Clc1ccc2sc(Cl)nc2c1.O=C(C1CCOCC1)N1CCCN(c2nc3cc(Cl)ccc3s2)CC1.O=C(C1CCOCC1)N1CCCNCC1.S=c1[nH]c2cc(Cl)ccc2s1. The molecule has 19 heteroatoms. The molecular formula is C43H49Cl4N7O4S4. The van der Waals surface area contributed by atoms with Gasteiger partial charge in [-0.2, -0.15) is 0 Å². The molecule has 0 saturated carbocycles. The molecule has 4 saturated heterocycles. The number of H-pyrrole nitrogens is 1. The average molecular weight is 998 g/mol. The molecule has 332 valence electrons. The lowest BCUT2D eigenvalue weighted by atomic mass is 9.98. The van der Waals surface area contributed by atoms with Gasteiger partial charge in [-0.25, -0.2) is 9.97 Å². The third-order valence-corrected chi connectivity index (χ3v) is 15.1. The normalized spacial score (nSPS) is 17.9. The van der Waals surface area contributed by atoms with Gasteiger partial charge in [-0.3, -0.25) is 9.59 Å². The summed E-state index contributed by atoms with van der Waals surface area (Å²) >= 11 is 33.0. The Morgan fingerprint density at radius 3 is 1.85 bits per heavy atom. The van der Waals surface area contributed by atoms with Crippen LogP contribution in [0.1, 0.15) is 38.5 Å². The number of ether oxygens (including phenoxy) is 2. The van der Waals surface area contributed by atoms with Crippen LogP contribution in [0.4, 0.5) is 5.13 Å². The summed E-state index contributed by atoms with van der Waals surface area (Å²) in [5.74, 6) is 1.02. The highest BCUT2D eigenvalue weighted by atomic mass is 35.5. The number of benzene rings is 3. The maximum Gasteiger partial charge on any atom is 0.225 e. The number of fused-ring (bicyclic) bond motifs is 3. The molecule has 0 bridgehead atoms. The second-order valence-electron chi connectivity index (χ2n) is 15.2. The summed E-state index contributed by atoms with van der Waals surface area (Å²) in [6.07, 6.45) is 5.58. The van der Waals surface area contributed by atoms with Crippen molar-refractivity contribution in [2.45, 2.75) is 38.5 Å². The van der Waals surface area contributed by atoms with Gasteiger partial charge in [0.05, 0.1) is 30.6 Å². The summed E-state index contributed by atoms with van der Waals surface area (Å²) in [5, 5.41) is 6.49. The maximum atomic E-state index is 12.8. The van der Waals surface area contributed by atoms with Gasteiger partial charge in [0, 0.05) is 99.1 Å². The first-order valence-electron chi connectivity index (χ1n) is 20.8. The van der Waals surface area contributed by atoms with Crippen LogP contribution in [0.3, 0.4) is 0 Å². The Balaban J connectivity index is 0.000000133. The molecule has 4 fully saturated rings. The van der Waals surface area contributed by atoms with Gasteiger partial charge >= 0.3 is 0 Å². The molecular weight excluding hydrogens is 949 g/mol. The number of halogens is 4. The van der Waals surface area contributed by atoms with Crippen LogP contribution in [0.2, 0.25) is 19.5 Å². The Morgan fingerprint density at radius 1 is 0.629 bits per heavy atom. The first-order chi connectivity index (χ1) is 30.1. The largest absolute Gasteiger partial charge is 0.381 e. The lowest BCUT2D eigenvalue weighted by Crippen LogP contribution is -2.40. The molecule has 2 amide bonds. The Hall–Kier alpha value is -2.67. The third kappa shape index (κ3) is 13.4. The van der Waals surface area contributed by atoms with E-state index in [0.29, 0.717) is 39.5 Å². The number of aromatic nitrogens is 3. The number of hydrogen-bond donors (Lipinski definition) is 2. The maximum absolute atomic E-state index is 12.8. The number of aromatic amines is 1. The van der Waals surface area contributed by atoms with Crippen LogP contribution >= 0.6 is 92.6 Å². The number of carbonyl (C=O) groups excluding carboxylic acids is 2. The van der Waals surface area contributed by atoms with Crippen molar-refractivity contribution in [2.24, 2.45) is 11.8 Å². The topological polar surface area (TPSA) is 116 Å². The van der Waals surface area contributed by atoms with E-state index in [0.717, 1.165) is 149 Å². The second kappa shape index (κ2) is 23.5. The monoisotopic (exact) mass is 995 g/mol. The Morgan fingerprint density at radius 2 is 1.19 bits per heavy atom. The number of nitrogens with one attached hydrogen (secondary N) is 2. The fourth-order valence-corrected chi connectivity index (χ4v) is 11.2. The standard InChI is InChI=1S/C18H22ClN3O2S.C11H20N2O2.C7H3Cl2NS.C7H4ClNS2/c19-14-2-3-16-15(12-14)20-18(25-16)22-7-1-6-21(8-9-22)17(23)13-4-10-24-11-5-13;14-11(10-2-8-15-9-3-10)13-6-1-4-12-5-7-13;8-4-1-2-6-5(3-4)10-7(9)11-6;8-4-1-2-6-5(3-4)9-7(10)11-6/h2-3,12-13H,1,4-11H2;10,12H,1-9H2;1-3H;1-3H,(H,9,10). The molecule has 4 aliphatic heterocycles. The van der Waals surface area contributed by atoms with Crippen LogP contribution in [0.15, 0.2) is 54.6 Å². The van der Waals surface area contributed by atoms with Crippen molar-refractivity contribution in [1.82, 2.24) is 30.1 Å².